The van der Waals surface area contributed by atoms with Crippen LogP contribution in [0.2, 0.25) is 0 Å². The van der Waals surface area contributed by atoms with Gasteiger partial charge in [-0.2, -0.15) is 0 Å². The van der Waals surface area contributed by atoms with Crippen LogP contribution in [0.5, 0.6) is 5.75 Å². The summed E-state index contributed by atoms with van der Waals surface area (Å²) in [6.07, 6.45) is 3.78. The maximum absolute atomic E-state index is 10.8. The molecule has 1 heterocycles. The van der Waals surface area contributed by atoms with Crippen molar-refractivity contribution in [2.45, 2.75) is 38.0 Å². The molecule has 2 aromatic carbocycles. The minimum absolute atomic E-state index is 0.0997. The number of nitro benzene ring substituents is 1. The van der Waals surface area contributed by atoms with Crippen LogP contribution in [0.25, 0.3) is 0 Å². The Hall–Kier alpha value is -2.40. The van der Waals surface area contributed by atoms with Gasteiger partial charge in [0.05, 0.1) is 4.92 Å². The smallest absolute Gasteiger partial charge is 0.269 e. The summed E-state index contributed by atoms with van der Waals surface area (Å²) in [7, 11) is 0. The number of rotatable bonds is 5. The van der Waals surface area contributed by atoms with Crippen LogP contribution in [0, 0.1) is 16.0 Å². The van der Waals surface area contributed by atoms with Crippen molar-refractivity contribution in [1.29, 1.82) is 0 Å². The Bertz CT molecular complexity index is 732. The standard InChI is InChI=1S/C20H22N2O3/c23-22(24)17-8-10-19(11-9-17)25-20-14-21(18-7-6-16(20)12-18)13-15-4-2-1-3-5-15/h1-5,8-11,16,18,20H,6-7,12-14H2/t16-,18+,20-/m0/s1. The summed E-state index contributed by atoms with van der Waals surface area (Å²) >= 11 is 0. The lowest BCUT2D eigenvalue weighted by atomic mass is 9.95. The SMILES string of the molecule is O=[N+]([O-])c1ccc(O[C@H]2CN(Cc3ccccc3)[C@@H]3CC[C@H]2C3)cc1. The molecular formula is C20H22N2O3. The second-order valence-electron chi connectivity index (χ2n) is 7.05. The lowest BCUT2D eigenvalue weighted by molar-refractivity contribution is -0.384. The molecule has 0 amide bonds. The van der Waals surface area contributed by atoms with Crippen molar-refractivity contribution in [3.63, 3.8) is 0 Å². The molecule has 1 aliphatic heterocycles. The van der Waals surface area contributed by atoms with Gasteiger partial charge < -0.3 is 4.74 Å². The Morgan fingerprint density at radius 1 is 1.08 bits per heavy atom. The molecule has 0 spiro atoms. The van der Waals surface area contributed by atoms with Gasteiger partial charge in [0.15, 0.2) is 0 Å². The number of non-ortho nitro benzene ring substituents is 1. The molecule has 0 radical (unpaired) electrons. The van der Waals surface area contributed by atoms with Crippen LogP contribution in [0.15, 0.2) is 54.6 Å². The highest BCUT2D eigenvalue weighted by atomic mass is 16.6. The molecule has 4 rings (SSSR count). The second-order valence-corrected chi connectivity index (χ2v) is 7.05. The fourth-order valence-electron chi connectivity index (χ4n) is 4.16. The van der Waals surface area contributed by atoms with Gasteiger partial charge in [0, 0.05) is 31.3 Å². The minimum Gasteiger partial charge on any atom is -0.489 e. The molecule has 2 aliphatic rings. The average Bonchev–Trinajstić information content (AvgIpc) is 3.06. The van der Waals surface area contributed by atoms with E-state index in [1.54, 1.807) is 12.1 Å². The number of ether oxygens (including phenoxy) is 1. The summed E-state index contributed by atoms with van der Waals surface area (Å²) < 4.78 is 6.22. The fraction of sp³-hybridized carbons (Fsp3) is 0.400. The molecule has 2 bridgehead atoms. The van der Waals surface area contributed by atoms with E-state index in [4.69, 9.17) is 4.74 Å². The fourth-order valence-corrected chi connectivity index (χ4v) is 4.16. The Labute approximate surface area is 147 Å². The van der Waals surface area contributed by atoms with E-state index in [2.05, 4.69) is 29.2 Å². The molecule has 0 unspecified atom stereocenters. The first-order valence-corrected chi connectivity index (χ1v) is 8.88. The first-order valence-electron chi connectivity index (χ1n) is 8.88. The summed E-state index contributed by atoms with van der Waals surface area (Å²) in [4.78, 5) is 12.9. The summed E-state index contributed by atoms with van der Waals surface area (Å²) in [5, 5.41) is 10.8. The molecule has 2 fully saturated rings. The molecule has 3 atom stereocenters. The van der Waals surface area contributed by atoms with E-state index in [1.165, 1.54) is 37.0 Å². The van der Waals surface area contributed by atoms with Gasteiger partial charge in [0.25, 0.3) is 5.69 Å². The third-order valence-corrected chi connectivity index (χ3v) is 5.47. The number of piperidine rings is 1. The van der Waals surface area contributed by atoms with Crippen molar-refractivity contribution in [3.05, 3.63) is 70.3 Å². The number of hydrogen-bond donors (Lipinski definition) is 0. The minimum atomic E-state index is -0.381. The van der Waals surface area contributed by atoms with E-state index in [1.807, 2.05) is 6.07 Å². The van der Waals surface area contributed by atoms with Crippen LogP contribution < -0.4 is 4.74 Å². The second kappa shape index (κ2) is 6.84. The predicted molar refractivity (Wildman–Crippen MR) is 95.5 cm³/mol. The average molecular weight is 338 g/mol. The van der Waals surface area contributed by atoms with Crippen molar-refractivity contribution < 1.29 is 9.66 Å². The number of nitrogens with zero attached hydrogens (tertiary/aromatic N) is 2. The van der Waals surface area contributed by atoms with Crippen molar-refractivity contribution in [2.24, 2.45) is 5.92 Å². The van der Waals surface area contributed by atoms with Crippen LogP contribution in [0.1, 0.15) is 24.8 Å². The zero-order chi connectivity index (χ0) is 17.2. The van der Waals surface area contributed by atoms with E-state index in [-0.39, 0.29) is 16.7 Å². The highest BCUT2D eigenvalue weighted by molar-refractivity contribution is 5.36. The normalized spacial score (nSPS) is 25.7. The zero-order valence-corrected chi connectivity index (χ0v) is 14.1. The van der Waals surface area contributed by atoms with Crippen LogP contribution in [-0.2, 0) is 6.54 Å². The third kappa shape index (κ3) is 3.51. The Morgan fingerprint density at radius 3 is 2.56 bits per heavy atom. The molecule has 5 nitrogen and oxygen atoms in total. The quantitative estimate of drug-likeness (QED) is 0.610. The lowest BCUT2D eigenvalue weighted by Crippen LogP contribution is -2.47. The molecule has 1 aliphatic carbocycles. The summed E-state index contributed by atoms with van der Waals surface area (Å²) in [6, 6.07) is 17.7. The molecule has 1 saturated heterocycles. The van der Waals surface area contributed by atoms with Gasteiger partial charge >= 0.3 is 0 Å². The third-order valence-electron chi connectivity index (χ3n) is 5.47. The van der Waals surface area contributed by atoms with Crippen LogP contribution >= 0.6 is 0 Å². The molecule has 0 N–H and O–H groups in total. The molecule has 25 heavy (non-hydrogen) atoms. The van der Waals surface area contributed by atoms with Gasteiger partial charge in [0.1, 0.15) is 11.9 Å². The summed E-state index contributed by atoms with van der Waals surface area (Å²) in [5.41, 5.74) is 1.43. The number of nitro groups is 1. The first-order chi connectivity index (χ1) is 12.2. The first kappa shape index (κ1) is 16.1. The van der Waals surface area contributed by atoms with Crippen molar-refractivity contribution in [1.82, 2.24) is 4.90 Å². The predicted octanol–water partition coefficient (Wildman–Crippen LogP) is 4.03. The number of fused-ring (bicyclic) bond motifs is 2. The van der Waals surface area contributed by atoms with Gasteiger partial charge in [0.2, 0.25) is 0 Å². The molecular weight excluding hydrogens is 316 g/mol. The number of likely N-dealkylation sites (tertiary alicyclic amines) is 1. The molecule has 2 aromatic rings. The van der Waals surface area contributed by atoms with E-state index in [9.17, 15) is 10.1 Å². The summed E-state index contributed by atoms with van der Waals surface area (Å²) in [5.74, 6) is 1.31. The van der Waals surface area contributed by atoms with Crippen LogP contribution in [-0.4, -0.2) is 28.5 Å². The van der Waals surface area contributed by atoms with Gasteiger partial charge in [-0.1, -0.05) is 30.3 Å². The number of hydrogen-bond acceptors (Lipinski definition) is 4. The van der Waals surface area contributed by atoms with Crippen LogP contribution in [0.3, 0.4) is 0 Å². The Balaban J connectivity index is 1.45. The highest BCUT2D eigenvalue weighted by Gasteiger charge is 2.41. The maximum atomic E-state index is 10.8. The molecule has 0 aromatic heterocycles. The Morgan fingerprint density at radius 2 is 1.84 bits per heavy atom. The largest absolute Gasteiger partial charge is 0.489 e. The maximum Gasteiger partial charge on any atom is 0.269 e. The molecule has 130 valence electrons. The highest BCUT2D eigenvalue weighted by Crippen LogP contribution is 2.39. The van der Waals surface area contributed by atoms with E-state index < -0.39 is 0 Å². The van der Waals surface area contributed by atoms with E-state index >= 15 is 0 Å². The van der Waals surface area contributed by atoms with Crippen LogP contribution in [0.4, 0.5) is 5.69 Å². The van der Waals surface area contributed by atoms with Gasteiger partial charge in [-0.3, -0.25) is 15.0 Å². The monoisotopic (exact) mass is 338 g/mol. The molecule has 5 heteroatoms. The Kier molecular flexibility index (Phi) is 4.40. The molecule has 1 saturated carbocycles. The van der Waals surface area contributed by atoms with Gasteiger partial charge in [-0.25, -0.2) is 0 Å². The van der Waals surface area contributed by atoms with Crippen molar-refractivity contribution in [2.75, 3.05) is 6.54 Å². The van der Waals surface area contributed by atoms with E-state index in [0.717, 1.165) is 18.8 Å². The van der Waals surface area contributed by atoms with Crippen molar-refractivity contribution >= 4 is 5.69 Å². The van der Waals surface area contributed by atoms with E-state index in [0.29, 0.717) is 12.0 Å². The zero-order valence-electron chi connectivity index (χ0n) is 14.1. The number of benzene rings is 2. The lowest BCUT2D eigenvalue weighted by Gasteiger charge is -2.38. The van der Waals surface area contributed by atoms with Crippen molar-refractivity contribution in [3.8, 4) is 5.75 Å². The summed E-state index contributed by atoms with van der Waals surface area (Å²) in [6.45, 7) is 1.87. The van der Waals surface area contributed by atoms with Gasteiger partial charge in [-0.05, 0) is 42.9 Å². The topological polar surface area (TPSA) is 55.6 Å². The van der Waals surface area contributed by atoms with Gasteiger partial charge in [-0.15, -0.1) is 0 Å².